The van der Waals surface area contributed by atoms with Gasteiger partial charge in [-0.3, -0.25) is 19.2 Å². The summed E-state index contributed by atoms with van der Waals surface area (Å²) in [5.74, 6) is -0.0160. The molecule has 1 aliphatic heterocycles. The molecule has 2 heterocycles. The molecule has 7 nitrogen and oxygen atoms in total. The van der Waals surface area contributed by atoms with Crippen molar-refractivity contribution in [2.45, 2.75) is 37.8 Å². The molecule has 154 valence electrons. The van der Waals surface area contributed by atoms with Gasteiger partial charge in [-0.25, -0.2) is 0 Å². The monoisotopic (exact) mass is 395 g/mol. The number of hydrogen-bond acceptors (Lipinski definition) is 4. The van der Waals surface area contributed by atoms with Gasteiger partial charge in [0.1, 0.15) is 0 Å². The van der Waals surface area contributed by atoms with E-state index in [0.717, 1.165) is 31.4 Å². The van der Waals surface area contributed by atoms with Crippen LogP contribution >= 0.6 is 0 Å². The highest BCUT2D eigenvalue weighted by Crippen LogP contribution is 2.28. The fourth-order valence-corrected chi connectivity index (χ4v) is 4.49. The summed E-state index contributed by atoms with van der Waals surface area (Å²) in [7, 11) is 3.70. The van der Waals surface area contributed by atoms with Gasteiger partial charge in [0.2, 0.25) is 11.8 Å². The van der Waals surface area contributed by atoms with Crippen LogP contribution in [0.2, 0.25) is 0 Å². The molecule has 4 rings (SSSR count). The number of aromatic nitrogens is 2. The van der Waals surface area contributed by atoms with Crippen molar-refractivity contribution in [2.75, 3.05) is 26.7 Å². The third kappa shape index (κ3) is 4.34. The first-order chi connectivity index (χ1) is 14.0. The van der Waals surface area contributed by atoms with E-state index in [1.165, 1.54) is 11.1 Å². The van der Waals surface area contributed by atoms with Crippen LogP contribution in [0, 0.1) is 0 Å². The molecular weight excluding hydrogens is 366 g/mol. The van der Waals surface area contributed by atoms with Crippen molar-refractivity contribution < 1.29 is 9.59 Å². The molecule has 1 fully saturated rings. The van der Waals surface area contributed by atoms with Crippen molar-refractivity contribution in [1.29, 1.82) is 0 Å². The molecule has 29 heavy (non-hydrogen) atoms. The van der Waals surface area contributed by atoms with Crippen LogP contribution in [0.25, 0.3) is 0 Å². The topological polar surface area (TPSA) is 70.5 Å². The minimum Gasteiger partial charge on any atom is -0.353 e. The largest absolute Gasteiger partial charge is 0.353 e. The Morgan fingerprint density at radius 1 is 1.28 bits per heavy atom. The Balaban J connectivity index is 1.38. The Bertz CT molecular complexity index is 868. The number of aryl methyl sites for hydroxylation is 1. The molecular formula is C22H29N5O2. The molecule has 2 aliphatic rings. The summed E-state index contributed by atoms with van der Waals surface area (Å²) >= 11 is 0. The molecule has 0 spiro atoms. The number of hydrogen-bond donors (Lipinski definition) is 1. The second-order valence-corrected chi connectivity index (χ2v) is 8.17. The van der Waals surface area contributed by atoms with E-state index in [4.69, 9.17) is 0 Å². The summed E-state index contributed by atoms with van der Waals surface area (Å²) in [6.07, 6.45) is 6.67. The van der Waals surface area contributed by atoms with Gasteiger partial charge in [-0.15, -0.1) is 0 Å². The van der Waals surface area contributed by atoms with E-state index in [1.54, 1.807) is 9.58 Å². The second kappa shape index (κ2) is 8.37. The molecule has 1 aromatic carbocycles. The average molecular weight is 396 g/mol. The Morgan fingerprint density at radius 2 is 2.00 bits per heavy atom. The van der Waals surface area contributed by atoms with Gasteiger partial charge < -0.3 is 10.2 Å². The number of benzene rings is 1. The van der Waals surface area contributed by atoms with Crippen molar-refractivity contribution in [2.24, 2.45) is 7.05 Å². The molecule has 1 saturated heterocycles. The van der Waals surface area contributed by atoms with Crippen LogP contribution in [0.15, 0.2) is 36.7 Å². The maximum absolute atomic E-state index is 12.9. The predicted octanol–water partition coefficient (Wildman–Crippen LogP) is 0.779. The first-order valence-corrected chi connectivity index (χ1v) is 10.3. The first kappa shape index (κ1) is 19.6. The van der Waals surface area contributed by atoms with E-state index in [9.17, 15) is 9.59 Å². The molecule has 7 heteroatoms. The van der Waals surface area contributed by atoms with Crippen molar-refractivity contribution in [3.8, 4) is 0 Å². The minimum atomic E-state index is -0.392. The first-order valence-electron chi connectivity index (χ1n) is 10.3. The lowest BCUT2D eigenvalue weighted by molar-refractivity contribution is -0.139. The number of rotatable bonds is 6. The van der Waals surface area contributed by atoms with E-state index in [-0.39, 0.29) is 24.3 Å². The highest BCUT2D eigenvalue weighted by Gasteiger charge is 2.38. The van der Waals surface area contributed by atoms with Crippen LogP contribution in [0.3, 0.4) is 0 Å². The van der Waals surface area contributed by atoms with Crippen LogP contribution in [0.4, 0.5) is 0 Å². The Morgan fingerprint density at radius 3 is 2.66 bits per heavy atom. The van der Waals surface area contributed by atoms with Crippen LogP contribution in [0.1, 0.15) is 23.1 Å². The van der Waals surface area contributed by atoms with E-state index in [1.807, 2.05) is 26.5 Å². The Kier molecular flexibility index (Phi) is 5.67. The van der Waals surface area contributed by atoms with E-state index in [2.05, 4.69) is 39.6 Å². The maximum atomic E-state index is 12.9. The molecule has 2 amide bonds. The van der Waals surface area contributed by atoms with Gasteiger partial charge in [-0.2, -0.15) is 5.10 Å². The quantitative estimate of drug-likeness (QED) is 0.785. The highest BCUT2D eigenvalue weighted by molar-refractivity contribution is 5.88. The molecule has 1 atom stereocenters. The van der Waals surface area contributed by atoms with Crippen molar-refractivity contribution in [3.05, 3.63) is 53.3 Å². The van der Waals surface area contributed by atoms with Crippen LogP contribution in [0.5, 0.6) is 0 Å². The van der Waals surface area contributed by atoms with E-state index in [0.29, 0.717) is 13.1 Å². The molecule has 1 aliphatic carbocycles. The average Bonchev–Trinajstić information content (AvgIpc) is 3.33. The number of carbonyl (C=O) groups is 2. The van der Waals surface area contributed by atoms with Crippen molar-refractivity contribution in [3.63, 3.8) is 0 Å². The number of amides is 2. The number of piperazine rings is 1. The number of fused-ring (bicyclic) bond motifs is 1. The third-order valence-corrected chi connectivity index (χ3v) is 6.16. The summed E-state index contributed by atoms with van der Waals surface area (Å²) < 4.78 is 1.76. The Hall–Kier alpha value is -2.67. The Labute approximate surface area is 171 Å². The van der Waals surface area contributed by atoms with Crippen LogP contribution < -0.4 is 5.32 Å². The summed E-state index contributed by atoms with van der Waals surface area (Å²) in [4.78, 5) is 29.5. The SMILES string of the molecule is CN(CCc1cnn(C)c1)C(=O)C[C@@H]1C(=O)NCCN1C1Cc2ccccc2C1. The molecule has 0 unspecified atom stereocenters. The summed E-state index contributed by atoms with van der Waals surface area (Å²) in [6.45, 7) is 2.06. The lowest BCUT2D eigenvalue weighted by Crippen LogP contribution is -2.59. The summed E-state index contributed by atoms with van der Waals surface area (Å²) in [5, 5.41) is 7.12. The van der Waals surface area contributed by atoms with Gasteiger partial charge in [0.05, 0.1) is 18.7 Å². The van der Waals surface area contributed by atoms with Gasteiger partial charge in [0.15, 0.2) is 0 Å². The summed E-state index contributed by atoms with van der Waals surface area (Å²) in [6, 6.07) is 8.38. The standard InChI is InChI=1S/C22H29N5O2/c1-25(9-7-16-14-24-26(2)15-16)21(28)13-20-22(29)23-8-10-27(20)19-11-17-5-3-4-6-18(17)12-19/h3-6,14-15,19-20H,7-13H2,1-2H3,(H,23,29)/t20-/m1/s1. The fraction of sp³-hybridized carbons (Fsp3) is 0.500. The lowest BCUT2D eigenvalue weighted by atomic mass is 10.0. The zero-order valence-electron chi connectivity index (χ0n) is 17.2. The van der Waals surface area contributed by atoms with Crippen molar-refractivity contribution >= 4 is 11.8 Å². The number of nitrogens with one attached hydrogen (secondary N) is 1. The van der Waals surface area contributed by atoms with Gasteiger partial charge in [0.25, 0.3) is 0 Å². The molecule has 1 aromatic heterocycles. The molecule has 1 N–H and O–H groups in total. The van der Waals surface area contributed by atoms with Gasteiger partial charge in [-0.05, 0) is 36.0 Å². The highest BCUT2D eigenvalue weighted by atomic mass is 16.2. The van der Waals surface area contributed by atoms with Crippen LogP contribution in [-0.2, 0) is 35.9 Å². The van der Waals surface area contributed by atoms with Crippen molar-refractivity contribution in [1.82, 2.24) is 24.9 Å². The predicted molar refractivity (Wildman–Crippen MR) is 110 cm³/mol. The number of carbonyl (C=O) groups excluding carboxylic acids is 2. The molecule has 0 radical (unpaired) electrons. The zero-order chi connectivity index (χ0) is 20.4. The lowest BCUT2D eigenvalue weighted by Gasteiger charge is -2.39. The zero-order valence-corrected chi connectivity index (χ0v) is 17.2. The van der Waals surface area contributed by atoms with Gasteiger partial charge >= 0.3 is 0 Å². The van der Waals surface area contributed by atoms with E-state index >= 15 is 0 Å². The fourth-order valence-electron chi connectivity index (χ4n) is 4.49. The smallest absolute Gasteiger partial charge is 0.237 e. The minimum absolute atomic E-state index is 0.0106. The number of likely N-dealkylation sites (N-methyl/N-ethyl adjacent to an activating group) is 1. The normalized spacial score (nSPS) is 19.8. The van der Waals surface area contributed by atoms with Gasteiger partial charge in [-0.1, -0.05) is 24.3 Å². The number of nitrogens with zero attached hydrogens (tertiary/aromatic N) is 4. The van der Waals surface area contributed by atoms with Gasteiger partial charge in [0, 0.05) is 46.0 Å². The van der Waals surface area contributed by atoms with E-state index < -0.39 is 6.04 Å². The molecule has 0 bridgehead atoms. The third-order valence-electron chi connectivity index (χ3n) is 6.16. The molecule has 0 saturated carbocycles. The van der Waals surface area contributed by atoms with Crippen LogP contribution in [-0.4, -0.2) is 70.2 Å². The maximum Gasteiger partial charge on any atom is 0.237 e. The summed E-state index contributed by atoms with van der Waals surface area (Å²) in [5.41, 5.74) is 3.83. The molecule has 2 aromatic rings. The second-order valence-electron chi connectivity index (χ2n) is 8.17.